The summed E-state index contributed by atoms with van der Waals surface area (Å²) in [5.41, 5.74) is 2.51. The van der Waals surface area contributed by atoms with Crippen molar-refractivity contribution in [2.75, 3.05) is 11.9 Å². The number of hydrogen-bond donors (Lipinski definition) is 1. The van der Waals surface area contributed by atoms with Crippen LogP contribution in [0.3, 0.4) is 0 Å². The number of amides is 3. The normalized spacial score (nSPS) is 28.4. The zero-order chi connectivity index (χ0) is 20.9. The van der Waals surface area contributed by atoms with Crippen molar-refractivity contribution in [2.24, 2.45) is 23.7 Å². The van der Waals surface area contributed by atoms with Gasteiger partial charge in [0.05, 0.1) is 11.8 Å². The fourth-order valence-electron chi connectivity index (χ4n) is 5.36. The number of nitrogens with one attached hydrogen (secondary N) is 1. The maximum atomic E-state index is 12.8. The highest BCUT2D eigenvalue weighted by molar-refractivity contribution is 6.08. The number of imide groups is 1. The number of esters is 1. The number of likely N-dealkylation sites (tertiary alicyclic amines) is 1. The van der Waals surface area contributed by atoms with Crippen molar-refractivity contribution in [1.29, 1.82) is 0 Å². The molecule has 0 aromatic heterocycles. The molecule has 1 aromatic rings. The number of hydrogen-bond acceptors (Lipinski definition) is 5. The summed E-state index contributed by atoms with van der Waals surface area (Å²) in [4.78, 5) is 51.4. The molecular weight excluding hydrogens is 372 g/mol. The van der Waals surface area contributed by atoms with E-state index in [1.165, 1.54) is 6.92 Å². The maximum Gasteiger partial charge on any atom is 0.329 e. The Bertz CT molecular complexity index is 847. The highest BCUT2D eigenvalue weighted by Gasteiger charge is 2.62. The Morgan fingerprint density at radius 2 is 1.66 bits per heavy atom. The first-order valence-electron chi connectivity index (χ1n) is 10.2. The smallest absolute Gasteiger partial charge is 0.329 e. The minimum atomic E-state index is -1.02. The second kappa shape index (κ2) is 7.28. The van der Waals surface area contributed by atoms with E-state index in [2.05, 4.69) is 5.32 Å². The summed E-state index contributed by atoms with van der Waals surface area (Å²) in [6, 6.07) is 4.64. The summed E-state index contributed by atoms with van der Waals surface area (Å²) in [6.07, 6.45) is 2.91. The number of para-hydroxylation sites is 1. The largest absolute Gasteiger partial charge is 0.454 e. The van der Waals surface area contributed by atoms with Crippen LogP contribution in [0.4, 0.5) is 5.69 Å². The molecule has 1 saturated heterocycles. The third kappa shape index (κ3) is 3.22. The van der Waals surface area contributed by atoms with E-state index in [1.54, 1.807) is 0 Å². The van der Waals surface area contributed by atoms with Crippen LogP contribution in [0.2, 0.25) is 0 Å². The maximum absolute atomic E-state index is 12.8. The third-order valence-corrected chi connectivity index (χ3v) is 6.78. The SMILES string of the molecule is Cc1cccc(C)c1NC(=O)COC(=O)[C@H](C)N1C(=O)[C@@H]2[C@@H]3CC[C@@H](C3)[C@@H]2C1=O. The van der Waals surface area contributed by atoms with E-state index in [-0.39, 0.29) is 35.5 Å². The molecular formula is C22H26N2O5. The molecule has 3 fully saturated rings. The summed E-state index contributed by atoms with van der Waals surface area (Å²) in [6.45, 7) is 4.78. The molecule has 0 spiro atoms. The van der Waals surface area contributed by atoms with Crippen molar-refractivity contribution < 1.29 is 23.9 Å². The van der Waals surface area contributed by atoms with E-state index in [4.69, 9.17) is 4.74 Å². The molecule has 0 unspecified atom stereocenters. The Morgan fingerprint density at radius 1 is 1.10 bits per heavy atom. The molecule has 1 aliphatic heterocycles. The van der Waals surface area contributed by atoms with Gasteiger partial charge in [-0.25, -0.2) is 4.79 Å². The van der Waals surface area contributed by atoms with Crippen LogP contribution in [0.15, 0.2) is 18.2 Å². The second-order valence-electron chi connectivity index (χ2n) is 8.53. The second-order valence-corrected chi connectivity index (χ2v) is 8.53. The number of ether oxygens (including phenoxy) is 1. The van der Waals surface area contributed by atoms with Crippen LogP contribution in [0.1, 0.15) is 37.3 Å². The first-order chi connectivity index (χ1) is 13.8. The number of carbonyl (C=O) groups is 4. The summed E-state index contributed by atoms with van der Waals surface area (Å²) in [7, 11) is 0. The quantitative estimate of drug-likeness (QED) is 0.606. The Balaban J connectivity index is 1.36. The van der Waals surface area contributed by atoms with Crippen molar-refractivity contribution >= 4 is 29.4 Å². The molecule has 3 aliphatic rings. The molecule has 7 heteroatoms. The molecule has 1 N–H and O–H groups in total. The number of rotatable bonds is 5. The highest BCUT2D eigenvalue weighted by Crippen LogP contribution is 2.56. The van der Waals surface area contributed by atoms with Gasteiger partial charge in [-0.3, -0.25) is 19.3 Å². The van der Waals surface area contributed by atoms with Gasteiger partial charge in [0, 0.05) is 5.69 Å². The molecule has 4 rings (SSSR count). The van der Waals surface area contributed by atoms with E-state index in [9.17, 15) is 19.2 Å². The van der Waals surface area contributed by atoms with Crippen LogP contribution in [-0.4, -0.2) is 41.2 Å². The van der Waals surface area contributed by atoms with Gasteiger partial charge in [-0.2, -0.15) is 0 Å². The van der Waals surface area contributed by atoms with Gasteiger partial charge in [-0.1, -0.05) is 18.2 Å². The first-order valence-corrected chi connectivity index (χ1v) is 10.2. The predicted molar refractivity (Wildman–Crippen MR) is 105 cm³/mol. The number of aryl methyl sites for hydroxylation is 2. The van der Waals surface area contributed by atoms with Crippen LogP contribution in [0.5, 0.6) is 0 Å². The van der Waals surface area contributed by atoms with Gasteiger partial charge in [0.1, 0.15) is 6.04 Å². The molecule has 154 valence electrons. The van der Waals surface area contributed by atoms with Crippen LogP contribution >= 0.6 is 0 Å². The molecule has 0 radical (unpaired) electrons. The van der Waals surface area contributed by atoms with Crippen molar-refractivity contribution in [3.63, 3.8) is 0 Å². The number of fused-ring (bicyclic) bond motifs is 5. The van der Waals surface area contributed by atoms with Crippen molar-refractivity contribution in [3.8, 4) is 0 Å². The van der Waals surface area contributed by atoms with Gasteiger partial charge in [0.15, 0.2) is 6.61 Å². The van der Waals surface area contributed by atoms with Gasteiger partial charge in [0.2, 0.25) is 11.8 Å². The number of nitrogens with zero attached hydrogens (tertiary/aromatic N) is 1. The van der Waals surface area contributed by atoms with Crippen molar-refractivity contribution in [2.45, 2.75) is 46.1 Å². The Labute approximate surface area is 169 Å². The van der Waals surface area contributed by atoms with Crippen molar-refractivity contribution in [1.82, 2.24) is 4.90 Å². The summed E-state index contributed by atoms with van der Waals surface area (Å²) < 4.78 is 5.12. The van der Waals surface area contributed by atoms with Crippen LogP contribution in [-0.2, 0) is 23.9 Å². The third-order valence-electron chi connectivity index (χ3n) is 6.78. The lowest BCUT2D eigenvalue weighted by molar-refractivity contribution is -0.159. The van der Waals surface area contributed by atoms with E-state index in [0.717, 1.165) is 35.3 Å². The van der Waals surface area contributed by atoms with E-state index >= 15 is 0 Å². The monoisotopic (exact) mass is 398 g/mol. The number of anilines is 1. The molecule has 1 heterocycles. The van der Waals surface area contributed by atoms with Gasteiger partial charge >= 0.3 is 5.97 Å². The zero-order valence-corrected chi connectivity index (χ0v) is 16.9. The molecule has 1 aromatic carbocycles. The lowest BCUT2D eigenvalue weighted by Gasteiger charge is -2.23. The molecule has 2 saturated carbocycles. The fourth-order valence-corrected chi connectivity index (χ4v) is 5.36. The Morgan fingerprint density at radius 3 is 2.21 bits per heavy atom. The van der Waals surface area contributed by atoms with Gasteiger partial charge in [-0.05, 0) is 63.0 Å². The van der Waals surface area contributed by atoms with Crippen LogP contribution in [0, 0.1) is 37.5 Å². The zero-order valence-electron chi connectivity index (χ0n) is 16.9. The average molecular weight is 398 g/mol. The van der Waals surface area contributed by atoms with E-state index < -0.39 is 24.5 Å². The first kappa shape index (κ1) is 19.6. The molecule has 5 atom stereocenters. The van der Waals surface area contributed by atoms with E-state index in [0.29, 0.717) is 5.69 Å². The van der Waals surface area contributed by atoms with Crippen LogP contribution < -0.4 is 5.32 Å². The lowest BCUT2D eigenvalue weighted by atomic mass is 9.81. The average Bonchev–Trinajstić information content (AvgIpc) is 3.36. The van der Waals surface area contributed by atoms with Gasteiger partial charge < -0.3 is 10.1 Å². The van der Waals surface area contributed by atoms with Crippen molar-refractivity contribution in [3.05, 3.63) is 29.3 Å². The number of benzene rings is 1. The van der Waals surface area contributed by atoms with Crippen LogP contribution in [0.25, 0.3) is 0 Å². The Kier molecular flexibility index (Phi) is 4.92. The minimum absolute atomic E-state index is 0.253. The molecule has 2 bridgehead atoms. The number of carbonyl (C=O) groups excluding carboxylic acids is 4. The summed E-state index contributed by atoms with van der Waals surface area (Å²) >= 11 is 0. The summed E-state index contributed by atoms with van der Waals surface area (Å²) in [5.74, 6) is -1.73. The minimum Gasteiger partial charge on any atom is -0.454 e. The molecule has 7 nitrogen and oxygen atoms in total. The van der Waals surface area contributed by atoms with E-state index in [1.807, 2.05) is 32.0 Å². The van der Waals surface area contributed by atoms with Gasteiger partial charge in [-0.15, -0.1) is 0 Å². The van der Waals surface area contributed by atoms with Gasteiger partial charge in [0.25, 0.3) is 5.91 Å². The Hall–Kier alpha value is -2.70. The summed E-state index contributed by atoms with van der Waals surface area (Å²) in [5, 5.41) is 2.75. The highest BCUT2D eigenvalue weighted by atomic mass is 16.5. The standard InChI is InChI=1S/C22H26N2O5/c1-11-5-4-6-12(2)19(11)23-16(25)10-29-22(28)13(3)24-20(26)17-14-7-8-15(9-14)18(17)21(24)27/h4-6,13-15,17-18H,7-10H2,1-3H3,(H,23,25)/t13-,14-,15+,17-,18+/m0/s1. The predicted octanol–water partition coefficient (Wildman–Crippen LogP) is 2.20. The molecule has 3 amide bonds. The fraction of sp³-hybridized carbons (Fsp3) is 0.545. The molecule has 2 aliphatic carbocycles. The topological polar surface area (TPSA) is 92.8 Å². The lowest BCUT2D eigenvalue weighted by Crippen LogP contribution is -2.45. The molecule has 29 heavy (non-hydrogen) atoms.